The molecule has 0 spiro atoms. The van der Waals surface area contributed by atoms with Crippen LogP contribution in [0.15, 0.2) is 24.3 Å². The number of rotatable bonds is 6. The number of hydrogen-bond acceptors (Lipinski definition) is 5. The zero-order chi connectivity index (χ0) is 15.4. The highest BCUT2D eigenvalue weighted by molar-refractivity contribution is 6.13. The molecule has 0 saturated carbocycles. The summed E-state index contributed by atoms with van der Waals surface area (Å²) in [4.78, 5) is 0. The van der Waals surface area contributed by atoms with Crippen molar-refractivity contribution in [3.05, 3.63) is 29.8 Å². The van der Waals surface area contributed by atoms with Gasteiger partial charge in [-0.2, -0.15) is 0 Å². The third-order valence-electron chi connectivity index (χ3n) is 2.42. The van der Waals surface area contributed by atoms with Gasteiger partial charge in [-0.15, -0.1) is 0 Å². The van der Waals surface area contributed by atoms with Crippen molar-refractivity contribution in [1.29, 1.82) is 0 Å². The van der Waals surface area contributed by atoms with E-state index >= 15 is 0 Å². The van der Waals surface area contributed by atoms with Gasteiger partial charge in [-0.05, 0) is 17.0 Å². The molecule has 2 N–H and O–H groups in total. The summed E-state index contributed by atoms with van der Waals surface area (Å²) in [5.74, 6) is 0.886. The van der Waals surface area contributed by atoms with E-state index in [4.69, 9.17) is 24.3 Å². The van der Waals surface area contributed by atoms with E-state index in [9.17, 15) is 0 Å². The highest BCUT2D eigenvalue weighted by atomic mass is 16.7. The summed E-state index contributed by atoms with van der Waals surface area (Å²) in [5, 5.41) is 14.2. The van der Waals surface area contributed by atoms with E-state index in [1.807, 2.05) is 18.2 Å². The maximum Gasteiger partial charge on any atom is 0.432 e. The van der Waals surface area contributed by atoms with Crippen LogP contribution >= 0.6 is 0 Å². The molecule has 1 aromatic rings. The topological polar surface area (TPSA) is 68.2 Å². The van der Waals surface area contributed by atoms with Crippen LogP contribution in [-0.2, 0) is 14.9 Å². The number of ether oxygens (including phenoxy) is 3. The first-order valence-corrected chi connectivity index (χ1v) is 6.48. The van der Waals surface area contributed by atoms with Crippen LogP contribution in [0.25, 0.3) is 0 Å². The average molecular weight is 284 g/mol. The number of hydrogen-bond donors (Lipinski definition) is 2. The molecule has 0 bridgehead atoms. The molecule has 0 unspecified atom stereocenters. The molecular formula is C14H25BO5. The maximum absolute atomic E-state index is 7.12. The smallest absolute Gasteiger partial charge is 0.432 e. The van der Waals surface area contributed by atoms with Crippen molar-refractivity contribution in [3.63, 3.8) is 0 Å². The molecule has 1 rings (SSSR count). The lowest BCUT2D eigenvalue weighted by molar-refractivity contribution is -0.00918. The van der Waals surface area contributed by atoms with Crippen LogP contribution in [0.3, 0.4) is 0 Å². The molecule has 0 heterocycles. The zero-order valence-electron chi connectivity index (χ0n) is 12.8. The van der Waals surface area contributed by atoms with Crippen molar-refractivity contribution in [3.8, 4) is 5.75 Å². The van der Waals surface area contributed by atoms with Crippen molar-refractivity contribution in [2.75, 3.05) is 27.1 Å². The lowest BCUT2D eigenvalue weighted by Crippen LogP contribution is -2.15. The molecular weight excluding hydrogens is 259 g/mol. The highest BCUT2D eigenvalue weighted by Gasteiger charge is 2.18. The van der Waals surface area contributed by atoms with Crippen molar-refractivity contribution < 1.29 is 24.3 Å². The Morgan fingerprint density at radius 2 is 1.70 bits per heavy atom. The van der Waals surface area contributed by atoms with Gasteiger partial charge < -0.3 is 24.3 Å². The average Bonchev–Trinajstić information content (AvgIpc) is 2.39. The standard InChI is InChI=1S/C14H22O3.BH3O2/c1-14(2,3)12-7-5-6-8-13(12)17-11-16-10-9-15-4;2-1-3/h5-8H,9-11H2,1-4H3;1-3H. The molecule has 0 amide bonds. The summed E-state index contributed by atoms with van der Waals surface area (Å²) < 4.78 is 15.8. The summed E-state index contributed by atoms with van der Waals surface area (Å²) in [5.41, 5.74) is 1.26. The van der Waals surface area contributed by atoms with E-state index in [0.29, 0.717) is 13.2 Å². The van der Waals surface area contributed by atoms with Crippen LogP contribution in [0.1, 0.15) is 26.3 Å². The maximum atomic E-state index is 7.12. The predicted octanol–water partition coefficient (Wildman–Crippen LogP) is 1.22. The first kappa shape index (κ1) is 18.9. The Morgan fingerprint density at radius 1 is 1.10 bits per heavy atom. The first-order valence-electron chi connectivity index (χ1n) is 6.48. The van der Waals surface area contributed by atoms with E-state index in [2.05, 4.69) is 26.8 Å². The predicted molar refractivity (Wildman–Crippen MR) is 80.1 cm³/mol. The minimum atomic E-state index is -0.750. The molecule has 0 aromatic heterocycles. The highest BCUT2D eigenvalue weighted by Crippen LogP contribution is 2.30. The zero-order valence-corrected chi connectivity index (χ0v) is 12.8. The first-order chi connectivity index (χ1) is 9.47. The summed E-state index contributed by atoms with van der Waals surface area (Å²) in [6.45, 7) is 7.90. The van der Waals surface area contributed by atoms with E-state index in [-0.39, 0.29) is 12.2 Å². The lowest BCUT2D eigenvalue weighted by atomic mass is 9.86. The molecule has 1 aromatic carbocycles. The Labute approximate surface area is 121 Å². The fraction of sp³-hybridized carbons (Fsp3) is 0.571. The Bertz CT molecular complexity index is 352. The number of para-hydroxylation sites is 1. The van der Waals surface area contributed by atoms with E-state index in [1.54, 1.807) is 7.11 Å². The van der Waals surface area contributed by atoms with Gasteiger partial charge in [0.2, 0.25) is 0 Å². The summed E-state index contributed by atoms with van der Waals surface area (Å²) in [7, 11) is 0.902. The quantitative estimate of drug-likeness (QED) is 0.467. The van der Waals surface area contributed by atoms with Gasteiger partial charge in [0.05, 0.1) is 13.2 Å². The molecule has 0 aliphatic carbocycles. The van der Waals surface area contributed by atoms with Crippen LogP contribution < -0.4 is 4.74 Å². The van der Waals surface area contributed by atoms with Crippen molar-refractivity contribution in [1.82, 2.24) is 0 Å². The molecule has 5 nitrogen and oxygen atoms in total. The van der Waals surface area contributed by atoms with Crippen molar-refractivity contribution in [2.24, 2.45) is 0 Å². The fourth-order valence-electron chi connectivity index (χ4n) is 1.52. The molecule has 6 heteroatoms. The van der Waals surface area contributed by atoms with Crippen molar-refractivity contribution >= 4 is 7.69 Å². The molecule has 0 radical (unpaired) electrons. The Morgan fingerprint density at radius 3 is 2.25 bits per heavy atom. The lowest BCUT2D eigenvalue weighted by Gasteiger charge is -2.22. The third kappa shape index (κ3) is 8.17. The summed E-state index contributed by atoms with van der Waals surface area (Å²) in [6.07, 6.45) is 0. The molecule has 0 atom stereocenters. The Hall–Kier alpha value is -1.08. The summed E-state index contributed by atoms with van der Waals surface area (Å²) in [6, 6.07) is 8.06. The minimum Gasteiger partial charge on any atom is -0.467 e. The summed E-state index contributed by atoms with van der Waals surface area (Å²) >= 11 is 0. The molecule has 114 valence electrons. The van der Waals surface area contributed by atoms with Gasteiger partial charge in [-0.25, -0.2) is 0 Å². The molecule has 0 aliphatic rings. The second kappa shape index (κ2) is 10.7. The second-order valence-corrected chi connectivity index (χ2v) is 5.05. The van der Waals surface area contributed by atoms with Crippen LogP contribution in [0.5, 0.6) is 5.75 Å². The van der Waals surface area contributed by atoms with E-state index in [0.717, 1.165) is 5.75 Å². The third-order valence-corrected chi connectivity index (χ3v) is 2.42. The minimum absolute atomic E-state index is 0.0725. The normalized spacial score (nSPS) is 10.5. The van der Waals surface area contributed by atoms with Crippen LogP contribution in [0, 0.1) is 0 Å². The van der Waals surface area contributed by atoms with E-state index < -0.39 is 7.69 Å². The fourth-order valence-corrected chi connectivity index (χ4v) is 1.52. The SMILES string of the molecule is COCCOCOc1ccccc1C(C)(C)C.OBO. The van der Waals surface area contributed by atoms with Gasteiger partial charge in [-0.1, -0.05) is 39.0 Å². The van der Waals surface area contributed by atoms with Gasteiger partial charge in [0.1, 0.15) is 5.75 Å². The van der Waals surface area contributed by atoms with Crippen molar-refractivity contribution in [2.45, 2.75) is 26.2 Å². The van der Waals surface area contributed by atoms with Crippen LogP contribution in [0.2, 0.25) is 0 Å². The Balaban J connectivity index is 0.00000110. The van der Waals surface area contributed by atoms with Crippen LogP contribution in [0.4, 0.5) is 0 Å². The molecule has 0 aliphatic heterocycles. The van der Waals surface area contributed by atoms with Crippen LogP contribution in [-0.4, -0.2) is 44.8 Å². The monoisotopic (exact) mass is 284 g/mol. The molecule has 20 heavy (non-hydrogen) atoms. The van der Waals surface area contributed by atoms with Gasteiger partial charge in [-0.3, -0.25) is 0 Å². The van der Waals surface area contributed by atoms with Gasteiger partial charge in [0, 0.05) is 7.11 Å². The number of methoxy groups -OCH3 is 1. The van der Waals surface area contributed by atoms with Gasteiger partial charge in [0.25, 0.3) is 0 Å². The Kier molecular flexibility index (Phi) is 10.1. The largest absolute Gasteiger partial charge is 0.467 e. The second-order valence-electron chi connectivity index (χ2n) is 5.05. The molecule has 0 fully saturated rings. The van der Waals surface area contributed by atoms with Gasteiger partial charge in [0.15, 0.2) is 6.79 Å². The number of benzene rings is 1. The van der Waals surface area contributed by atoms with E-state index in [1.165, 1.54) is 5.56 Å². The van der Waals surface area contributed by atoms with Gasteiger partial charge >= 0.3 is 7.69 Å². The molecule has 0 saturated heterocycles.